The van der Waals surface area contributed by atoms with Crippen molar-refractivity contribution in [2.24, 2.45) is 0 Å². The Kier molecular flexibility index (Phi) is 8.09. The molecule has 0 unspecified atom stereocenters. The van der Waals surface area contributed by atoms with Gasteiger partial charge in [0.1, 0.15) is 16.1 Å². The predicted molar refractivity (Wildman–Crippen MR) is 102 cm³/mol. The van der Waals surface area contributed by atoms with Crippen molar-refractivity contribution in [3.63, 3.8) is 0 Å². The summed E-state index contributed by atoms with van der Waals surface area (Å²) >= 11 is 0. The molecule has 0 saturated heterocycles. The molecule has 0 bridgehead atoms. The zero-order chi connectivity index (χ0) is 16.8. The fourth-order valence-electron chi connectivity index (χ4n) is 1.25. The molecule has 0 aliphatic rings. The largest absolute Gasteiger partial charge is 0.458 e. The van der Waals surface area contributed by atoms with Gasteiger partial charge in [0.05, 0.1) is 0 Å². The van der Waals surface area contributed by atoms with Gasteiger partial charge in [0, 0.05) is 0 Å². The highest BCUT2D eigenvalue weighted by molar-refractivity contribution is 6.86. The zero-order valence-electron chi connectivity index (χ0n) is 15.5. The first kappa shape index (κ1) is 20.6. The lowest BCUT2D eigenvalue weighted by atomic mass is 9.73. The molecule has 0 spiro atoms. The maximum Gasteiger partial charge on any atom is 0.458 e. The highest BCUT2D eigenvalue weighted by Crippen LogP contribution is 2.02. The van der Waals surface area contributed by atoms with E-state index in [1.54, 1.807) is 0 Å². The predicted octanol–water partition coefficient (Wildman–Crippen LogP) is 1.94. The molecule has 0 aliphatic carbocycles. The second-order valence-electron chi connectivity index (χ2n) is 7.81. The Labute approximate surface area is 135 Å². The van der Waals surface area contributed by atoms with E-state index >= 15 is 0 Å². The molecule has 116 valence electrons. The number of hydrogen-bond acceptors (Lipinski definition) is 3. The first-order chi connectivity index (χ1) is 9.32. The zero-order valence-corrected chi connectivity index (χ0v) is 17.5. The average molecular weight is 320 g/mol. The molecule has 0 aromatic carbocycles. The monoisotopic (exact) mass is 320 g/mol. The molecule has 0 amide bonds. The van der Waals surface area contributed by atoms with Gasteiger partial charge in [-0.1, -0.05) is 39.3 Å². The van der Waals surface area contributed by atoms with Crippen molar-refractivity contribution in [3.8, 4) is 22.7 Å². The average Bonchev–Trinajstić information content (AvgIpc) is 2.24. The highest BCUT2D eigenvalue weighted by atomic mass is 28.3. The van der Waals surface area contributed by atoms with E-state index in [4.69, 9.17) is 4.57 Å². The minimum Gasteiger partial charge on any atom is -0.451 e. The summed E-state index contributed by atoms with van der Waals surface area (Å²) in [6.45, 7) is 13.4. The molecule has 21 heavy (non-hydrogen) atoms. The summed E-state index contributed by atoms with van der Waals surface area (Å²) in [5, 5.41) is 0. The molecule has 0 rings (SSSR count). The lowest BCUT2D eigenvalue weighted by Gasteiger charge is -2.22. The van der Waals surface area contributed by atoms with Gasteiger partial charge in [-0.25, -0.2) is 0 Å². The van der Waals surface area contributed by atoms with Gasteiger partial charge in [0.25, 0.3) is 0 Å². The Morgan fingerprint density at radius 2 is 0.952 bits per heavy atom. The van der Waals surface area contributed by atoms with E-state index in [-0.39, 0.29) is 14.1 Å². The summed E-state index contributed by atoms with van der Waals surface area (Å²) in [5.74, 6) is 6.55. The summed E-state index contributed by atoms with van der Waals surface area (Å²) < 4.78 is 6.11. The van der Waals surface area contributed by atoms with Crippen molar-refractivity contribution >= 4 is 30.2 Å². The van der Waals surface area contributed by atoms with Crippen LogP contribution in [0.5, 0.6) is 0 Å². The van der Waals surface area contributed by atoms with Crippen LogP contribution >= 0.6 is 0 Å². The third-order valence-corrected chi connectivity index (χ3v) is 4.13. The first-order valence-electron chi connectivity index (χ1n) is 7.35. The third kappa shape index (κ3) is 10.9. The molecule has 0 fully saturated rings. The summed E-state index contributed by atoms with van der Waals surface area (Å²) in [7, 11) is 4.70. The van der Waals surface area contributed by atoms with Gasteiger partial charge >= 0.3 is 14.1 Å². The van der Waals surface area contributed by atoms with Crippen LogP contribution in [0.1, 0.15) is 0 Å². The summed E-state index contributed by atoms with van der Waals surface area (Å²) in [6, 6.07) is 0. The standard InChI is InChI=1S/C14H30B2N2OSi2/c1-17(2)15(11-13-20(5,6)7)19-16(18(3)4)12-14-21(8,9)10/h1-10H3. The van der Waals surface area contributed by atoms with E-state index in [9.17, 15) is 0 Å². The second-order valence-corrected chi connectivity index (χ2v) is 17.3. The van der Waals surface area contributed by atoms with Gasteiger partial charge in [-0.05, 0) is 28.2 Å². The summed E-state index contributed by atoms with van der Waals surface area (Å²) in [5.41, 5.74) is 6.77. The maximum atomic E-state index is 6.11. The van der Waals surface area contributed by atoms with Crippen molar-refractivity contribution in [1.82, 2.24) is 9.62 Å². The van der Waals surface area contributed by atoms with Crippen molar-refractivity contribution in [2.45, 2.75) is 39.3 Å². The molecular weight excluding hydrogens is 290 g/mol. The van der Waals surface area contributed by atoms with Crippen LogP contribution in [0, 0.1) is 22.7 Å². The fraction of sp³-hybridized carbons (Fsp3) is 0.714. The lowest BCUT2D eigenvalue weighted by Crippen LogP contribution is -2.46. The normalized spacial score (nSPS) is 11.6. The van der Waals surface area contributed by atoms with E-state index in [1.165, 1.54) is 0 Å². The van der Waals surface area contributed by atoms with Crippen molar-refractivity contribution < 1.29 is 4.57 Å². The van der Waals surface area contributed by atoms with Crippen LogP contribution in [-0.4, -0.2) is 68.1 Å². The molecule has 0 heterocycles. The SMILES string of the molecule is CN(C)B(C#C[Si](C)(C)C)OB(C#C[Si](C)(C)C)N(C)C. The summed E-state index contributed by atoms with van der Waals surface area (Å²) in [6.07, 6.45) is 0. The van der Waals surface area contributed by atoms with Crippen molar-refractivity contribution in [1.29, 1.82) is 0 Å². The number of rotatable bonds is 4. The van der Waals surface area contributed by atoms with Crippen molar-refractivity contribution in [2.75, 3.05) is 28.2 Å². The maximum absolute atomic E-state index is 6.11. The summed E-state index contributed by atoms with van der Waals surface area (Å²) in [4.78, 5) is 4.00. The molecule has 7 heteroatoms. The van der Waals surface area contributed by atoms with Crippen LogP contribution in [-0.2, 0) is 4.57 Å². The Balaban J connectivity index is 5.16. The van der Waals surface area contributed by atoms with Gasteiger partial charge in [0.2, 0.25) is 0 Å². The van der Waals surface area contributed by atoms with E-state index in [1.807, 2.05) is 37.8 Å². The molecule has 0 N–H and O–H groups in total. The minimum absolute atomic E-state index is 0.222. The Morgan fingerprint density at radius 1 is 0.667 bits per heavy atom. The molecule has 0 aromatic heterocycles. The van der Waals surface area contributed by atoms with Crippen molar-refractivity contribution in [3.05, 3.63) is 0 Å². The smallest absolute Gasteiger partial charge is 0.451 e. The molecule has 0 radical (unpaired) electrons. The Bertz CT molecular complexity index is 406. The van der Waals surface area contributed by atoms with E-state index in [0.29, 0.717) is 0 Å². The molecule has 0 saturated carbocycles. The minimum atomic E-state index is -1.40. The molecule has 3 nitrogen and oxygen atoms in total. The Morgan fingerprint density at radius 3 is 1.14 bits per heavy atom. The Hall–Kier alpha value is -0.436. The molecular formula is C14H30B2N2OSi2. The van der Waals surface area contributed by atoms with Gasteiger partial charge in [-0.15, -0.1) is 22.7 Å². The van der Waals surface area contributed by atoms with Crippen LogP contribution in [0.3, 0.4) is 0 Å². The van der Waals surface area contributed by atoms with E-state index in [2.05, 4.69) is 62.0 Å². The third-order valence-electron chi connectivity index (χ3n) is 2.34. The fourth-order valence-corrected chi connectivity index (χ4v) is 2.36. The van der Waals surface area contributed by atoms with Crippen LogP contribution in [0.15, 0.2) is 0 Å². The quantitative estimate of drug-likeness (QED) is 0.582. The van der Waals surface area contributed by atoms with Gasteiger partial charge < -0.3 is 14.2 Å². The second kappa shape index (κ2) is 8.26. The van der Waals surface area contributed by atoms with E-state index < -0.39 is 16.1 Å². The van der Waals surface area contributed by atoms with Gasteiger partial charge in [-0.2, -0.15) is 0 Å². The first-order valence-corrected chi connectivity index (χ1v) is 14.4. The van der Waals surface area contributed by atoms with Crippen LogP contribution in [0.2, 0.25) is 39.3 Å². The van der Waals surface area contributed by atoms with Gasteiger partial charge in [0.15, 0.2) is 0 Å². The highest BCUT2D eigenvalue weighted by Gasteiger charge is 2.27. The number of nitrogens with zero attached hydrogens (tertiary/aromatic N) is 2. The molecule has 0 aromatic rings. The van der Waals surface area contributed by atoms with E-state index in [0.717, 1.165) is 0 Å². The number of hydrogen-bond donors (Lipinski definition) is 0. The van der Waals surface area contributed by atoms with Crippen LogP contribution in [0.4, 0.5) is 0 Å². The lowest BCUT2D eigenvalue weighted by molar-refractivity contribution is 0.445. The molecule has 0 aliphatic heterocycles. The molecule has 0 atom stereocenters. The van der Waals surface area contributed by atoms with Gasteiger partial charge in [-0.3, -0.25) is 0 Å². The van der Waals surface area contributed by atoms with Crippen LogP contribution < -0.4 is 0 Å². The van der Waals surface area contributed by atoms with Crippen LogP contribution in [0.25, 0.3) is 0 Å². The topological polar surface area (TPSA) is 15.7 Å².